The summed E-state index contributed by atoms with van der Waals surface area (Å²) >= 11 is 0. The molecule has 2 aromatic carbocycles. The van der Waals surface area contributed by atoms with Crippen molar-refractivity contribution in [1.82, 2.24) is 10.2 Å². The maximum atomic E-state index is 13.4. The Morgan fingerprint density at radius 2 is 1.55 bits per heavy atom. The quantitative estimate of drug-likeness (QED) is 0.539. The number of amides is 2. The van der Waals surface area contributed by atoms with Crippen molar-refractivity contribution in [2.45, 2.75) is 46.2 Å². The molecule has 1 atom stereocenters. The topological polar surface area (TPSA) is 86.8 Å². The molecule has 0 aliphatic carbocycles. The van der Waals surface area contributed by atoms with Crippen molar-refractivity contribution in [1.29, 1.82) is 0 Å². The summed E-state index contributed by atoms with van der Waals surface area (Å²) in [6.45, 7) is 5.53. The summed E-state index contributed by atoms with van der Waals surface area (Å²) in [7, 11) is -3.77. The SMILES string of the molecule is CCNC(=O)C(CC)N(Cc1ccc(F)cc1)C(=O)CN(c1ccc(CC)cc1)S(C)(=O)=O. The fraction of sp³-hybridized carbons (Fsp3) is 0.417. The highest BCUT2D eigenvalue weighted by Gasteiger charge is 2.31. The molecule has 2 amide bonds. The third kappa shape index (κ3) is 7.28. The van der Waals surface area contributed by atoms with Crippen LogP contribution in [0.5, 0.6) is 0 Å². The number of nitrogens with zero attached hydrogens (tertiary/aromatic N) is 2. The lowest BCUT2D eigenvalue weighted by molar-refractivity contribution is -0.140. The molecule has 0 fully saturated rings. The maximum absolute atomic E-state index is 13.4. The summed E-state index contributed by atoms with van der Waals surface area (Å²) in [5, 5.41) is 2.73. The first-order valence-electron chi connectivity index (χ1n) is 11.0. The van der Waals surface area contributed by atoms with Crippen LogP contribution in [0.4, 0.5) is 10.1 Å². The average molecular weight is 478 g/mol. The molecule has 0 aliphatic rings. The Balaban J connectivity index is 2.40. The highest BCUT2D eigenvalue weighted by molar-refractivity contribution is 7.92. The highest BCUT2D eigenvalue weighted by atomic mass is 32.2. The van der Waals surface area contributed by atoms with E-state index >= 15 is 0 Å². The minimum atomic E-state index is -3.77. The zero-order valence-electron chi connectivity index (χ0n) is 19.5. The molecular formula is C24H32FN3O4S. The molecule has 0 spiro atoms. The van der Waals surface area contributed by atoms with E-state index in [-0.39, 0.29) is 12.5 Å². The Bertz CT molecular complexity index is 1040. The Hall–Kier alpha value is -2.94. The van der Waals surface area contributed by atoms with Gasteiger partial charge in [-0.25, -0.2) is 12.8 Å². The number of rotatable bonds is 11. The van der Waals surface area contributed by atoms with E-state index in [0.29, 0.717) is 24.2 Å². The number of hydrogen-bond acceptors (Lipinski definition) is 4. The molecule has 0 saturated carbocycles. The second-order valence-electron chi connectivity index (χ2n) is 7.76. The van der Waals surface area contributed by atoms with E-state index < -0.39 is 34.3 Å². The first kappa shape index (κ1) is 26.3. The van der Waals surface area contributed by atoms with E-state index in [9.17, 15) is 22.4 Å². The minimum absolute atomic E-state index is 0.0428. The van der Waals surface area contributed by atoms with E-state index in [0.717, 1.165) is 22.5 Å². The van der Waals surface area contributed by atoms with Crippen LogP contribution in [0.3, 0.4) is 0 Å². The number of sulfonamides is 1. The van der Waals surface area contributed by atoms with Gasteiger partial charge >= 0.3 is 0 Å². The summed E-state index contributed by atoms with van der Waals surface area (Å²) in [6, 6.07) is 11.8. The Morgan fingerprint density at radius 1 is 0.970 bits per heavy atom. The van der Waals surface area contributed by atoms with E-state index in [2.05, 4.69) is 5.32 Å². The summed E-state index contributed by atoms with van der Waals surface area (Å²) in [5.74, 6) is -1.26. The Labute approximate surface area is 195 Å². The normalized spacial score (nSPS) is 12.2. The first-order chi connectivity index (χ1) is 15.6. The van der Waals surface area contributed by atoms with Crippen LogP contribution in [0.25, 0.3) is 0 Å². The monoisotopic (exact) mass is 477 g/mol. The fourth-order valence-electron chi connectivity index (χ4n) is 3.51. The van der Waals surface area contributed by atoms with E-state index in [1.807, 2.05) is 19.1 Å². The number of aryl methyl sites for hydroxylation is 1. The van der Waals surface area contributed by atoms with Gasteiger partial charge in [0.15, 0.2) is 0 Å². The van der Waals surface area contributed by atoms with Crippen LogP contribution in [-0.2, 0) is 32.6 Å². The van der Waals surface area contributed by atoms with Crippen molar-refractivity contribution in [3.8, 4) is 0 Å². The van der Waals surface area contributed by atoms with Crippen molar-refractivity contribution in [2.75, 3.05) is 23.7 Å². The standard InChI is InChI=1S/C24H32FN3O4S/c1-5-18-10-14-21(15-11-18)28(33(4,31)32)17-23(29)27(22(6-2)24(30)26-7-3)16-19-8-12-20(25)13-9-19/h8-15,22H,5-7,16-17H2,1-4H3,(H,26,30). The smallest absolute Gasteiger partial charge is 0.244 e. The molecule has 0 saturated heterocycles. The van der Waals surface area contributed by atoms with Crippen LogP contribution in [0.1, 0.15) is 38.3 Å². The second kappa shape index (κ2) is 11.8. The van der Waals surface area contributed by atoms with Crippen LogP contribution in [-0.4, -0.2) is 50.5 Å². The number of likely N-dealkylation sites (N-methyl/N-ethyl adjacent to an activating group) is 1. The van der Waals surface area contributed by atoms with Gasteiger partial charge in [-0.05, 0) is 55.2 Å². The molecule has 7 nitrogen and oxygen atoms in total. The molecule has 33 heavy (non-hydrogen) atoms. The molecule has 0 aliphatic heterocycles. The predicted octanol–water partition coefficient (Wildman–Crippen LogP) is 3.10. The lowest BCUT2D eigenvalue weighted by Crippen LogP contribution is -2.52. The van der Waals surface area contributed by atoms with Crippen molar-refractivity contribution >= 4 is 27.5 Å². The third-order valence-corrected chi connectivity index (χ3v) is 6.46. The zero-order valence-corrected chi connectivity index (χ0v) is 20.4. The van der Waals surface area contributed by atoms with Crippen LogP contribution in [0, 0.1) is 5.82 Å². The summed E-state index contributed by atoms with van der Waals surface area (Å²) in [4.78, 5) is 27.5. The first-order valence-corrected chi connectivity index (χ1v) is 12.8. The highest BCUT2D eigenvalue weighted by Crippen LogP contribution is 2.20. The van der Waals surface area contributed by atoms with E-state index in [1.54, 1.807) is 26.0 Å². The summed E-state index contributed by atoms with van der Waals surface area (Å²) in [5.41, 5.74) is 2.04. The number of halogens is 1. The minimum Gasteiger partial charge on any atom is -0.355 e. The lowest BCUT2D eigenvalue weighted by Gasteiger charge is -2.32. The Morgan fingerprint density at radius 3 is 2.03 bits per heavy atom. The molecule has 2 aromatic rings. The van der Waals surface area contributed by atoms with Crippen molar-refractivity contribution in [3.05, 3.63) is 65.5 Å². The van der Waals surface area contributed by atoms with Gasteiger partial charge in [0, 0.05) is 13.1 Å². The van der Waals surface area contributed by atoms with Gasteiger partial charge in [0.1, 0.15) is 18.4 Å². The van der Waals surface area contributed by atoms with Gasteiger partial charge in [0.05, 0.1) is 11.9 Å². The Kier molecular flexibility index (Phi) is 9.40. The number of anilines is 1. The predicted molar refractivity (Wildman–Crippen MR) is 128 cm³/mol. The van der Waals surface area contributed by atoms with Crippen molar-refractivity contribution in [2.24, 2.45) is 0 Å². The van der Waals surface area contributed by atoms with Gasteiger partial charge in [-0.2, -0.15) is 0 Å². The number of carbonyl (C=O) groups excluding carboxylic acids is 2. The van der Waals surface area contributed by atoms with Crippen molar-refractivity contribution in [3.63, 3.8) is 0 Å². The molecule has 1 unspecified atom stereocenters. The molecule has 0 bridgehead atoms. The van der Waals surface area contributed by atoms with Crippen LogP contribution in [0.2, 0.25) is 0 Å². The zero-order chi connectivity index (χ0) is 24.6. The number of carbonyl (C=O) groups is 2. The number of benzene rings is 2. The second-order valence-corrected chi connectivity index (χ2v) is 9.66. The van der Waals surface area contributed by atoms with Gasteiger partial charge in [-0.1, -0.05) is 38.1 Å². The molecule has 0 aromatic heterocycles. The van der Waals surface area contributed by atoms with Crippen LogP contribution < -0.4 is 9.62 Å². The van der Waals surface area contributed by atoms with E-state index in [1.165, 1.54) is 29.2 Å². The van der Waals surface area contributed by atoms with Crippen molar-refractivity contribution < 1.29 is 22.4 Å². The average Bonchev–Trinajstić information content (AvgIpc) is 2.78. The summed E-state index contributed by atoms with van der Waals surface area (Å²) < 4.78 is 39.5. The molecular weight excluding hydrogens is 445 g/mol. The molecule has 180 valence electrons. The van der Waals surface area contributed by atoms with Gasteiger partial charge < -0.3 is 10.2 Å². The molecule has 9 heteroatoms. The molecule has 2 rings (SSSR count). The van der Waals surface area contributed by atoms with Gasteiger partial charge in [-0.3, -0.25) is 13.9 Å². The van der Waals surface area contributed by atoms with Gasteiger partial charge in [-0.15, -0.1) is 0 Å². The van der Waals surface area contributed by atoms with E-state index in [4.69, 9.17) is 0 Å². The number of hydrogen-bond donors (Lipinski definition) is 1. The third-order valence-electron chi connectivity index (χ3n) is 5.31. The maximum Gasteiger partial charge on any atom is 0.244 e. The van der Waals surface area contributed by atoms with Crippen LogP contribution in [0.15, 0.2) is 48.5 Å². The van der Waals surface area contributed by atoms with Crippen LogP contribution >= 0.6 is 0 Å². The molecule has 0 heterocycles. The summed E-state index contributed by atoms with van der Waals surface area (Å²) in [6.07, 6.45) is 2.18. The largest absolute Gasteiger partial charge is 0.355 e. The lowest BCUT2D eigenvalue weighted by atomic mass is 10.1. The molecule has 0 radical (unpaired) electrons. The fourth-order valence-corrected chi connectivity index (χ4v) is 4.36. The van der Waals surface area contributed by atoms with Gasteiger partial charge in [0.2, 0.25) is 21.8 Å². The van der Waals surface area contributed by atoms with Gasteiger partial charge in [0.25, 0.3) is 0 Å². The molecule has 1 N–H and O–H groups in total. The number of nitrogens with one attached hydrogen (secondary N) is 1.